The number of carbonyl (C=O) groups is 1. The van der Waals surface area contributed by atoms with Gasteiger partial charge in [0.1, 0.15) is 5.75 Å². The number of aliphatic hydroxyl groups is 1. The van der Waals surface area contributed by atoms with Gasteiger partial charge >= 0.3 is 0 Å². The molecule has 0 saturated carbocycles. The van der Waals surface area contributed by atoms with E-state index in [1.165, 1.54) is 0 Å². The molecular weight excluding hydrogens is 274 g/mol. The Bertz CT molecular complexity index is 368. The van der Waals surface area contributed by atoms with E-state index in [1.807, 2.05) is 18.2 Å². The Kier molecular flexibility index (Phi) is 5.28. The lowest BCUT2D eigenvalue weighted by molar-refractivity contribution is -0.120. The molecular formula is C11H14BrNO3. The quantitative estimate of drug-likeness (QED) is 0.853. The molecule has 0 fully saturated rings. The third-order valence-electron chi connectivity index (χ3n) is 2.04. The molecule has 0 aromatic heterocycles. The zero-order valence-corrected chi connectivity index (χ0v) is 10.6. The lowest BCUT2D eigenvalue weighted by Crippen LogP contribution is -2.27. The van der Waals surface area contributed by atoms with Gasteiger partial charge in [0.2, 0.25) is 5.91 Å². The fourth-order valence-corrected chi connectivity index (χ4v) is 1.63. The van der Waals surface area contributed by atoms with Crippen LogP contribution in [-0.2, 0) is 11.2 Å². The average Bonchev–Trinajstić information content (AvgIpc) is 2.29. The highest BCUT2D eigenvalue weighted by Crippen LogP contribution is 2.22. The number of halogens is 1. The fourth-order valence-electron chi connectivity index (χ4n) is 1.24. The van der Waals surface area contributed by atoms with Crippen molar-refractivity contribution in [2.45, 2.75) is 6.42 Å². The predicted molar refractivity (Wildman–Crippen MR) is 64.5 cm³/mol. The minimum absolute atomic E-state index is 0.0506. The van der Waals surface area contributed by atoms with Gasteiger partial charge in [-0.2, -0.15) is 0 Å². The van der Waals surface area contributed by atoms with E-state index in [2.05, 4.69) is 21.2 Å². The Hall–Kier alpha value is -1.07. The fraction of sp³-hybridized carbons (Fsp3) is 0.364. The van der Waals surface area contributed by atoms with Crippen molar-refractivity contribution in [1.82, 2.24) is 5.32 Å². The Morgan fingerprint density at radius 2 is 2.31 bits per heavy atom. The van der Waals surface area contributed by atoms with Gasteiger partial charge in [-0.25, -0.2) is 0 Å². The highest BCUT2D eigenvalue weighted by molar-refractivity contribution is 9.10. The molecule has 16 heavy (non-hydrogen) atoms. The van der Waals surface area contributed by atoms with Gasteiger partial charge in [-0.05, 0) is 23.8 Å². The number of amides is 1. The molecule has 0 aliphatic rings. The minimum atomic E-state index is -0.122. The molecule has 0 heterocycles. The summed E-state index contributed by atoms with van der Waals surface area (Å²) in [6.07, 6.45) is 0.262. The summed E-state index contributed by atoms with van der Waals surface area (Å²) in [4.78, 5) is 11.4. The van der Waals surface area contributed by atoms with E-state index < -0.39 is 0 Å². The van der Waals surface area contributed by atoms with E-state index in [0.717, 1.165) is 10.0 Å². The predicted octanol–water partition coefficient (Wildman–Crippen LogP) is 1.11. The summed E-state index contributed by atoms with van der Waals surface area (Å²) in [5.41, 5.74) is 0.856. The Morgan fingerprint density at radius 1 is 1.56 bits per heavy atom. The van der Waals surface area contributed by atoms with Crippen molar-refractivity contribution in [2.75, 3.05) is 20.3 Å². The number of hydrogen-bond acceptors (Lipinski definition) is 3. The van der Waals surface area contributed by atoms with Crippen LogP contribution >= 0.6 is 15.9 Å². The Labute approximate surface area is 103 Å². The lowest BCUT2D eigenvalue weighted by Gasteiger charge is -2.07. The SMILES string of the molecule is COc1ccc(Br)c(CC(=O)NCCO)c1. The van der Waals surface area contributed by atoms with Gasteiger partial charge in [0, 0.05) is 11.0 Å². The number of aliphatic hydroxyl groups excluding tert-OH is 1. The van der Waals surface area contributed by atoms with Crippen LogP contribution in [-0.4, -0.2) is 31.3 Å². The van der Waals surface area contributed by atoms with Crippen LogP contribution in [0.4, 0.5) is 0 Å². The lowest BCUT2D eigenvalue weighted by atomic mass is 10.1. The third kappa shape index (κ3) is 3.83. The summed E-state index contributed by atoms with van der Waals surface area (Å²) in [6, 6.07) is 5.47. The number of carbonyl (C=O) groups excluding carboxylic acids is 1. The van der Waals surface area contributed by atoms with Crippen molar-refractivity contribution in [3.05, 3.63) is 28.2 Å². The molecule has 0 aliphatic carbocycles. The first-order valence-corrected chi connectivity index (χ1v) is 5.66. The molecule has 0 aliphatic heterocycles. The Balaban J connectivity index is 2.68. The van der Waals surface area contributed by atoms with E-state index in [4.69, 9.17) is 9.84 Å². The van der Waals surface area contributed by atoms with Gasteiger partial charge in [0.05, 0.1) is 20.1 Å². The molecule has 1 rings (SSSR count). The van der Waals surface area contributed by atoms with Crippen molar-refractivity contribution >= 4 is 21.8 Å². The van der Waals surface area contributed by atoms with Crippen LogP contribution < -0.4 is 10.1 Å². The molecule has 0 saturated heterocycles. The summed E-state index contributed by atoms with van der Waals surface area (Å²) in [5, 5.41) is 11.2. The maximum atomic E-state index is 11.4. The van der Waals surface area contributed by atoms with Crippen LogP contribution in [0.3, 0.4) is 0 Å². The van der Waals surface area contributed by atoms with Crippen LogP contribution in [0.5, 0.6) is 5.75 Å². The highest BCUT2D eigenvalue weighted by Gasteiger charge is 2.07. The third-order valence-corrected chi connectivity index (χ3v) is 2.81. The van der Waals surface area contributed by atoms with E-state index in [-0.39, 0.29) is 25.5 Å². The highest BCUT2D eigenvalue weighted by atomic mass is 79.9. The van der Waals surface area contributed by atoms with Crippen molar-refractivity contribution in [3.8, 4) is 5.75 Å². The number of hydrogen-bond donors (Lipinski definition) is 2. The summed E-state index contributed by atoms with van der Waals surface area (Å²) < 4.78 is 5.95. The molecule has 1 aromatic carbocycles. The molecule has 0 radical (unpaired) electrons. The van der Waals surface area contributed by atoms with Crippen LogP contribution in [0.1, 0.15) is 5.56 Å². The number of nitrogens with one attached hydrogen (secondary N) is 1. The number of benzene rings is 1. The molecule has 4 nitrogen and oxygen atoms in total. The maximum Gasteiger partial charge on any atom is 0.224 e. The summed E-state index contributed by atoms with van der Waals surface area (Å²) in [6.45, 7) is 0.228. The van der Waals surface area contributed by atoms with Crippen LogP contribution in [0, 0.1) is 0 Å². The first kappa shape index (κ1) is 13.0. The second kappa shape index (κ2) is 6.50. The molecule has 2 N–H and O–H groups in total. The summed E-state index contributed by atoms with van der Waals surface area (Å²) in [5.74, 6) is 0.594. The molecule has 0 bridgehead atoms. The zero-order valence-electron chi connectivity index (χ0n) is 9.00. The summed E-state index contributed by atoms with van der Waals surface area (Å²) >= 11 is 3.37. The van der Waals surface area contributed by atoms with Gasteiger partial charge in [0.15, 0.2) is 0 Å². The first-order chi connectivity index (χ1) is 7.67. The van der Waals surface area contributed by atoms with E-state index in [0.29, 0.717) is 5.75 Å². The second-order valence-corrected chi connectivity index (χ2v) is 4.06. The van der Waals surface area contributed by atoms with Gasteiger partial charge in [-0.3, -0.25) is 4.79 Å². The topological polar surface area (TPSA) is 58.6 Å². The average molecular weight is 288 g/mol. The molecule has 0 spiro atoms. The smallest absolute Gasteiger partial charge is 0.224 e. The van der Waals surface area contributed by atoms with E-state index in [1.54, 1.807) is 7.11 Å². The van der Waals surface area contributed by atoms with Gasteiger partial charge in [-0.15, -0.1) is 0 Å². The van der Waals surface area contributed by atoms with Crippen molar-refractivity contribution in [1.29, 1.82) is 0 Å². The zero-order chi connectivity index (χ0) is 12.0. The van der Waals surface area contributed by atoms with Gasteiger partial charge in [-0.1, -0.05) is 15.9 Å². The van der Waals surface area contributed by atoms with Crippen molar-refractivity contribution in [2.24, 2.45) is 0 Å². The van der Waals surface area contributed by atoms with E-state index in [9.17, 15) is 4.79 Å². The molecule has 1 aromatic rings. The molecule has 5 heteroatoms. The number of methoxy groups -OCH3 is 1. The standard InChI is InChI=1S/C11H14BrNO3/c1-16-9-2-3-10(12)8(6-9)7-11(15)13-4-5-14/h2-3,6,14H,4-5,7H2,1H3,(H,13,15). The molecule has 0 unspecified atom stereocenters. The normalized spacial score (nSPS) is 9.94. The van der Waals surface area contributed by atoms with Crippen molar-refractivity contribution in [3.63, 3.8) is 0 Å². The number of ether oxygens (including phenoxy) is 1. The molecule has 88 valence electrons. The maximum absolute atomic E-state index is 11.4. The van der Waals surface area contributed by atoms with Gasteiger partial charge in [0.25, 0.3) is 0 Å². The Morgan fingerprint density at radius 3 is 2.94 bits per heavy atom. The number of rotatable bonds is 5. The first-order valence-electron chi connectivity index (χ1n) is 4.87. The largest absolute Gasteiger partial charge is 0.497 e. The minimum Gasteiger partial charge on any atom is -0.497 e. The monoisotopic (exact) mass is 287 g/mol. The van der Waals surface area contributed by atoms with Crippen LogP contribution in [0.15, 0.2) is 22.7 Å². The summed E-state index contributed by atoms with van der Waals surface area (Å²) in [7, 11) is 1.58. The van der Waals surface area contributed by atoms with Crippen molar-refractivity contribution < 1.29 is 14.6 Å². The van der Waals surface area contributed by atoms with Crippen LogP contribution in [0.25, 0.3) is 0 Å². The van der Waals surface area contributed by atoms with Crippen LogP contribution in [0.2, 0.25) is 0 Å². The van der Waals surface area contributed by atoms with Gasteiger partial charge < -0.3 is 15.2 Å². The second-order valence-electron chi connectivity index (χ2n) is 3.21. The van der Waals surface area contributed by atoms with E-state index >= 15 is 0 Å². The molecule has 1 amide bonds. The molecule has 0 atom stereocenters.